The van der Waals surface area contributed by atoms with E-state index in [2.05, 4.69) is 10.1 Å². The molecular formula is C16H10ClN3OS. The first kappa shape index (κ1) is 13.4. The van der Waals surface area contributed by atoms with Crippen molar-refractivity contribution in [1.82, 2.24) is 14.8 Å². The lowest BCUT2D eigenvalue weighted by Gasteiger charge is -2.01. The molecule has 2 heterocycles. The van der Waals surface area contributed by atoms with Crippen LogP contribution in [0.4, 0.5) is 0 Å². The second kappa shape index (κ2) is 4.90. The molecule has 4 aromatic rings. The molecule has 0 aliphatic heterocycles. The minimum atomic E-state index is -0.166. The Hall–Kier alpha value is -2.24. The van der Waals surface area contributed by atoms with Gasteiger partial charge in [0.1, 0.15) is 0 Å². The molecule has 0 unspecified atom stereocenters. The Balaban J connectivity index is 2.01. The molecule has 4 nitrogen and oxygen atoms in total. The van der Waals surface area contributed by atoms with Crippen molar-refractivity contribution in [1.29, 1.82) is 0 Å². The van der Waals surface area contributed by atoms with E-state index in [1.807, 2.05) is 37.3 Å². The number of halogens is 1. The summed E-state index contributed by atoms with van der Waals surface area (Å²) in [5.41, 5.74) is 1.67. The lowest BCUT2D eigenvalue weighted by molar-refractivity contribution is 0.815. The van der Waals surface area contributed by atoms with E-state index in [0.717, 1.165) is 21.2 Å². The summed E-state index contributed by atoms with van der Waals surface area (Å²) in [7, 11) is 0. The maximum absolute atomic E-state index is 12.6. The maximum Gasteiger partial charge on any atom is 0.281 e. The molecule has 0 N–H and O–H groups in total. The van der Waals surface area contributed by atoms with E-state index in [4.69, 9.17) is 11.6 Å². The number of hydrogen-bond acceptors (Lipinski definition) is 4. The molecule has 2 aromatic carbocycles. The summed E-state index contributed by atoms with van der Waals surface area (Å²) in [6, 6.07) is 11.1. The van der Waals surface area contributed by atoms with Crippen LogP contribution in [-0.4, -0.2) is 14.8 Å². The van der Waals surface area contributed by atoms with E-state index in [9.17, 15) is 4.79 Å². The van der Waals surface area contributed by atoms with Crippen LogP contribution in [0.1, 0.15) is 5.56 Å². The molecule has 108 valence electrons. The summed E-state index contributed by atoms with van der Waals surface area (Å²) in [6.07, 6.45) is 1.68. The molecule has 0 atom stereocenters. The van der Waals surface area contributed by atoms with Crippen molar-refractivity contribution in [3.8, 4) is 5.13 Å². The van der Waals surface area contributed by atoms with E-state index in [1.54, 1.807) is 12.3 Å². The number of fused-ring (bicyclic) bond motifs is 2. The van der Waals surface area contributed by atoms with E-state index in [1.165, 1.54) is 16.0 Å². The third-order valence-electron chi connectivity index (χ3n) is 3.52. The smallest absolute Gasteiger partial charge is 0.267 e. The highest BCUT2D eigenvalue weighted by molar-refractivity contribution is 7.20. The number of nitrogens with zero attached hydrogens (tertiary/aromatic N) is 3. The summed E-state index contributed by atoms with van der Waals surface area (Å²) >= 11 is 7.49. The fourth-order valence-electron chi connectivity index (χ4n) is 2.46. The highest BCUT2D eigenvalue weighted by Crippen LogP contribution is 2.29. The quantitative estimate of drug-likeness (QED) is 0.531. The first-order valence-electron chi connectivity index (χ1n) is 6.67. The lowest BCUT2D eigenvalue weighted by atomic mass is 10.2. The van der Waals surface area contributed by atoms with Crippen LogP contribution in [0.3, 0.4) is 0 Å². The number of aryl methyl sites for hydroxylation is 1. The Morgan fingerprint density at radius 2 is 2.05 bits per heavy atom. The van der Waals surface area contributed by atoms with Gasteiger partial charge in [-0.25, -0.2) is 4.98 Å². The van der Waals surface area contributed by atoms with E-state index >= 15 is 0 Å². The van der Waals surface area contributed by atoms with Crippen LogP contribution in [0.5, 0.6) is 0 Å². The van der Waals surface area contributed by atoms with Crippen LogP contribution < -0.4 is 5.56 Å². The predicted octanol–water partition coefficient (Wildman–Crippen LogP) is 3.96. The number of thiazole rings is 1. The number of rotatable bonds is 1. The average Bonchev–Trinajstić information content (AvgIpc) is 2.92. The molecule has 22 heavy (non-hydrogen) atoms. The highest BCUT2D eigenvalue weighted by Gasteiger charge is 2.12. The molecule has 0 saturated heterocycles. The summed E-state index contributed by atoms with van der Waals surface area (Å²) in [4.78, 5) is 17.2. The third-order valence-corrected chi connectivity index (χ3v) is 4.71. The minimum Gasteiger partial charge on any atom is -0.267 e. The second-order valence-electron chi connectivity index (χ2n) is 5.01. The number of benzene rings is 2. The topological polar surface area (TPSA) is 47.8 Å². The van der Waals surface area contributed by atoms with Gasteiger partial charge in [0.05, 0.1) is 21.8 Å². The van der Waals surface area contributed by atoms with Gasteiger partial charge in [-0.1, -0.05) is 41.1 Å². The van der Waals surface area contributed by atoms with Gasteiger partial charge in [0, 0.05) is 10.4 Å². The monoisotopic (exact) mass is 327 g/mol. The molecule has 2 aromatic heterocycles. The van der Waals surface area contributed by atoms with Crippen molar-refractivity contribution in [3.63, 3.8) is 0 Å². The minimum absolute atomic E-state index is 0.166. The van der Waals surface area contributed by atoms with Gasteiger partial charge in [0.2, 0.25) is 5.13 Å². The largest absolute Gasteiger partial charge is 0.281 e. The SMILES string of the molecule is Cc1cc(Cl)cc2sc(-n3ncc4ccccc4c3=O)nc12. The van der Waals surface area contributed by atoms with Crippen molar-refractivity contribution in [2.75, 3.05) is 0 Å². The molecule has 0 spiro atoms. The van der Waals surface area contributed by atoms with Gasteiger partial charge >= 0.3 is 0 Å². The summed E-state index contributed by atoms with van der Waals surface area (Å²) in [5, 5.41) is 6.92. The Labute approximate surface area is 134 Å². The van der Waals surface area contributed by atoms with Gasteiger partial charge in [-0.2, -0.15) is 9.78 Å². The zero-order chi connectivity index (χ0) is 15.3. The molecule has 0 fully saturated rings. The van der Waals surface area contributed by atoms with Crippen molar-refractivity contribution >= 4 is 43.9 Å². The van der Waals surface area contributed by atoms with Crippen LogP contribution in [-0.2, 0) is 0 Å². The standard InChI is InChI=1S/C16H10ClN3OS/c1-9-6-11(17)7-13-14(9)19-16(22-13)20-15(21)12-5-3-2-4-10(12)8-18-20/h2-8H,1H3. The maximum atomic E-state index is 12.6. The molecule has 0 aliphatic carbocycles. The molecule has 0 saturated carbocycles. The fraction of sp³-hybridized carbons (Fsp3) is 0.0625. The summed E-state index contributed by atoms with van der Waals surface area (Å²) in [6.45, 7) is 1.95. The first-order chi connectivity index (χ1) is 10.6. The Kier molecular flexibility index (Phi) is 2.99. The summed E-state index contributed by atoms with van der Waals surface area (Å²) < 4.78 is 2.29. The average molecular weight is 328 g/mol. The Morgan fingerprint density at radius 1 is 1.23 bits per heavy atom. The Morgan fingerprint density at radius 3 is 2.91 bits per heavy atom. The van der Waals surface area contributed by atoms with Crippen LogP contribution in [0.25, 0.3) is 26.1 Å². The molecule has 0 bridgehead atoms. The van der Waals surface area contributed by atoms with Crippen molar-refractivity contribution in [2.45, 2.75) is 6.92 Å². The zero-order valence-corrected chi connectivity index (χ0v) is 13.1. The molecular weight excluding hydrogens is 318 g/mol. The van der Waals surface area contributed by atoms with Gasteiger partial charge in [0.15, 0.2) is 0 Å². The van der Waals surface area contributed by atoms with Gasteiger partial charge in [-0.05, 0) is 30.7 Å². The fourth-order valence-corrected chi connectivity index (χ4v) is 3.84. The van der Waals surface area contributed by atoms with Gasteiger partial charge in [0.25, 0.3) is 5.56 Å². The predicted molar refractivity (Wildman–Crippen MR) is 90.3 cm³/mol. The number of aromatic nitrogens is 3. The third kappa shape index (κ3) is 2.01. The van der Waals surface area contributed by atoms with Crippen molar-refractivity contribution in [2.24, 2.45) is 0 Å². The van der Waals surface area contributed by atoms with Crippen LogP contribution in [0.2, 0.25) is 5.02 Å². The first-order valence-corrected chi connectivity index (χ1v) is 7.87. The molecule has 6 heteroatoms. The van der Waals surface area contributed by atoms with Crippen LogP contribution in [0, 0.1) is 6.92 Å². The molecule has 4 rings (SSSR count). The highest BCUT2D eigenvalue weighted by atomic mass is 35.5. The van der Waals surface area contributed by atoms with Crippen molar-refractivity contribution in [3.05, 3.63) is 63.5 Å². The van der Waals surface area contributed by atoms with Gasteiger partial charge in [-0.15, -0.1) is 0 Å². The van der Waals surface area contributed by atoms with E-state index in [0.29, 0.717) is 15.5 Å². The van der Waals surface area contributed by atoms with Gasteiger partial charge in [-0.3, -0.25) is 4.79 Å². The lowest BCUT2D eigenvalue weighted by Crippen LogP contribution is -2.20. The van der Waals surface area contributed by atoms with E-state index < -0.39 is 0 Å². The molecule has 0 radical (unpaired) electrons. The molecule has 0 amide bonds. The molecule has 0 aliphatic rings. The summed E-state index contributed by atoms with van der Waals surface area (Å²) in [5.74, 6) is 0. The normalized spacial score (nSPS) is 11.4. The number of hydrogen-bond donors (Lipinski definition) is 0. The van der Waals surface area contributed by atoms with Crippen LogP contribution >= 0.6 is 22.9 Å². The van der Waals surface area contributed by atoms with Gasteiger partial charge < -0.3 is 0 Å². The van der Waals surface area contributed by atoms with Crippen LogP contribution in [0.15, 0.2) is 47.4 Å². The zero-order valence-electron chi connectivity index (χ0n) is 11.6. The van der Waals surface area contributed by atoms with Crippen molar-refractivity contribution < 1.29 is 0 Å². The Bertz CT molecular complexity index is 1080. The second-order valence-corrected chi connectivity index (χ2v) is 6.46. The van der Waals surface area contributed by atoms with E-state index in [-0.39, 0.29) is 5.56 Å².